The van der Waals surface area contributed by atoms with Crippen molar-refractivity contribution in [1.29, 1.82) is 0 Å². The van der Waals surface area contributed by atoms with Crippen molar-refractivity contribution in [3.8, 4) is 0 Å². The van der Waals surface area contributed by atoms with E-state index in [0.29, 0.717) is 23.8 Å². The zero-order valence-corrected chi connectivity index (χ0v) is 14.9. The molecule has 1 fully saturated rings. The normalized spacial score (nSPS) is 16.7. The highest BCUT2D eigenvalue weighted by atomic mass is 19.4. The Hall–Kier alpha value is -2.56. The second-order valence-electron chi connectivity index (χ2n) is 7.17. The van der Waals surface area contributed by atoms with E-state index in [1.165, 1.54) is 13.0 Å². The molecule has 140 valence electrons. The summed E-state index contributed by atoms with van der Waals surface area (Å²) in [6.07, 6.45) is -1.48. The molecule has 0 spiro atoms. The monoisotopic (exact) mass is 372 g/mol. The number of ether oxygens (including phenoxy) is 1. The molecule has 0 aromatic heterocycles. The van der Waals surface area contributed by atoms with E-state index < -0.39 is 23.3 Å². The molecule has 0 saturated heterocycles. The molecule has 0 N–H and O–H groups in total. The van der Waals surface area contributed by atoms with E-state index >= 15 is 0 Å². The molecule has 3 aromatic rings. The fraction of sp³-hybridized carbons (Fsp3) is 0.318. The predicted molar refractivity (Wildman–Crippen MR) is 98.4 cm³/mol. The lowest BCUT2D eigenvalue weighted by molar-refractivity contribution is -0.157. The Morgan fingerprint density at radius 1 is 0.963 bits per heavy atom. The molecule has 0 bridgehead atoms. The number of halogens is 3. The molecule has 4 rings (SSSR count). The molecule has 0 radical (unpaired) electrons. The Kier molecular flexibility index (Phi) is 4.13. The van der Waals surface area contributed by atoms with Crippen molar-refractivity contribution in [3.05, 3.63) is 59.7 Å². The van der Waals surface area contributed by atoms with Gasteiger partial charge in [0.1, 0.15) is 5.60 Å². The van der Waals surface area contributed by atoms with E-state index in [-0.39, 0.29) is 5.39 Å². The van der Waals surface area contributed by atoms with Gasteiger partial charge in [-0.15, -0.1) is 0 Å². The van der Waals surface area contributed by atoms with Crippen LogP contribution in [0.4, 0.5) is 13.2 Å². The average Bonchev–Trinajstić information content (AvgIpc) is 3.06. The summed E-state index contributed by atoms with van der Waals surface area (Å²) in [4.78, 5) is 11.9. The third kappa shape index (κ3) is 2.95. The molecule has 0 atom stereocenters. The highest BCUT2D eigenvalue weighted by Gasteiger charge is 2.42. The first kappa shape index (κ1) is 17.8. The van der Waals surface area contributed by atoms with Crippen LogP contribution in [-0.4, -0.2) is 5.97 Å². The van der Waals surface area contributed by atoms with Gasteiger partial charge in [-0.2, -0.15) is 13.2 Å². The first-order valence-electron chi connectivity index (χ1n) is 9.04. The Labute approximate surface area is 154 Å². The van der Waals surface area contributed by atoms with Crippen molar-refractivity contribution in [2.45, 2.75) is 44.4 Å². The first-order valence-corrected chi connectivity index (χ1v) is 9.04. The number of carbonyl (C=O) groups excluding carboxylic acids is 1. The maximum atomic E-state index is 13.6. The van der Waals surface area contributed by atoms with E-state index in [1.807, 2.05) is 18.2 Å². The summed E-state index contributed by atoms with van der Waals surface area (Å²) in [6.45, 7) is 1.36. The molecule has 1 saturated carbocycles. The summed E-state index contributed by atoms with van der Waals surface area (Å²) in [5.74, 6) is -0.412. The molecule has 0 amide bonds. The van der Waals surface area contributed by atoms with Crippen molar-refractivity contribution >= 4 is 27.5 Å². The van der Waals surface area contributed by atoms with Crippen molar-refractivity contribution in [3.63, 3.8) is 0 Å². The summed E-state index contributed by atoms with van der Waals surface area (Å²) in [5, 5.41) is 2.21. The summed E-state index contributed by atoms with van der Waals surface area (Å²) < 4.78 is 46.7. The van der Waals surface area contributed by atoms with E-state index in [1.54, 1.807) is 18.2 Å². The number of fused-ring (bicyclic) bond motifs is 2. The van der Waals surface area contributed by atoms with Gasteiger partial charge in [0.25, 0.3) is 0 Å². The van der Waals surface area contributed by atoms with Gasteiger partial charge in [0.2, 0.25) is 0 Å². The number of benzene rings is 3. The second-order valence-corrected chi connectivity index (χ2v) is 7.17. The van der Waals surface area contributed by atoms with E-state index in [4.69, 9.17) is 4.74 Å². The summed E-state index contributed by atoms with van der Waals surface area (Å²) in [6, 6.07) is 13.2. The molecule has 1 aliphatic carbocycles. The van der Waals surface area contributed by atoms with Crippen LogP contribution in [0.1, 0.15) is 43.7 Å². The average molecular weight is 372 g/mol. The quantitative estimate of drug-likeness (QED) is 0.387. The third-order valence-corrected chi connectivity index (χ3v) is 5.42. The molecule has 5 heteroatoms. The first-order chi connectivity index (χ1) is 12.8. The zero-order valence-electron chi connectivity index (χ0n) is 14.9. The number of esters is 1. The molecule has 0 aliphatic heterocycles. The van der Waals surface area contributed by atoms with Crippen molar-refractivity contribution in [2.75, 3.05) is 0 Å². The van der Waals surface area contributed by atoms with Crippen LogP contribution < -0.4 is 0 Å². The summed E-state index contributed by atoms with van der Waals surface area (Å²) >= 11 is 0. The van der Waals surface area contributed by atoms with Crippen LogP contribution >= 0.6 is 0 Å². The largest absolute Gasteiger partial charge is 0.454 e. The minimum absolute atomic E-state index is 0.150. The number of alkyl halides is 3. The second kappa shape index (κ2) is 6.25. The van der Waals surface area contributed by atoms with Gasteiger partial charge in [-0.3, -0.25) is 4.79 Å². The maximum Gasteiger partial charge on any atom is 0.417 e. The lowest BCUT2D eigenvalue weighted by Gasteiger charge is -2.32. The Morgan fingerprint density at radius 3 is 2.30 bits per heavy atom. The SMILES string of the molecule is CC(=O)OC1(c2c3ccccc3cc3c(C(F)(F)F)cccc23)CCCC1. The standard InChI is InChI=1S/C22H19F3O2/c1-14(26)27-21(11-4-5-12-21)20-16-8-3-2-7-15(16)13-18-17(20)9-6-10-19(18)22(23,24)25/h2-3,6-10,13H,4-5,11-12H2,1H3. The van der Waals surface area contributed by atoms with Crippen LogP contribution in [0.3, 0.4) is 0 Å². The van der Waals surface area contributed by atoms with Crippen LogP contribution in [0.25, 0.3) is 21.5 Å². The van der Waals surface area contributed by atoms with E-state index in [2.05, 4.69) is 0 Å². The molecule has 0 heterocycles. The summed E-state index contributed by atoms with van der Waals surface area (Å²) in [7, 11) is 0. The minimum atomic E-state index is -4.45. The molecule has 27 heavy (non-hydrogen) atoms. The van der Waals surface area contributed by atoms with Crippen molar-refractivity contribution in [2.24, 2.45) is 0 Å². The van der Waals surface area contributed by atoms with Crippen LogP contribution in [0.5, 0.6) is 0 Å². The molecular formula is C22H19F3O2. The molecule has 3 aromatic carbocycles. The van der Waals surface area contributed by atoms with Gasteiger partial charge in [0, 0.05) is 12.5 Å². The van der Waals surface area contributed by atoms with Gasteiger partial charge >= 0.3 is 12.1 Å². The van der Waals surface area contributed by atoms with Gasteiger partial charge in [-0.05, 0) is 59.4 Å². The Balaban J connectivity index is 2.15. The zero-order chi connectivity index (χ0) is 19.2. The van der Waals surface area contributed by atoms with Crippen LogP contribution in [0, 0.1) is 0 Å². The lowest BCUT2D eigenvalue weighted by Crippen LogP contribution is -2.29. The van der Waals surface area contributed by atoms with Gasteiger partial charge in [-0.25, -0.2) is 0 Å². The number of rotatable bonds is 2. The highest BCUT2D eigenvalue weighted by Crippen LogP contribution is 2.49. The van der Waals surface area contributed by atoms with Crippen LogP contribution in [0.2, 0.25) is 0 Å². The number of hydrogen-bond acceptors (Lipinski definition) is 2. The highest BCUT2D eigenvalue weighted by molar-refractivity contribution is 6.04. The summed E-state index contributed by atoms with van der Waals surface area (Å²) in [5.41, 5.74) is -0.841. The fourth-order valence-corrected chi connectivity index (χ4v) is 4.45. The van der Waals surface area contributed by atoms with Gasteiger partial charge in [0.15, 0.2) is 0 Å². The van der Waals surface area contributed by atoms with Crippen LogP contribution in [0.15, 0.2) is 48.5 Å². The predicted octanol–water partition coefficient (Wildman–Crippen LogP) is 6.34. The molecule has 2 nitrogen and oxygen atoms in total. The van der Waals surface area contributed by atoms with Crippen molar-refractivity contribution in [1.82, 2.24) is 0 Å². The molecule has 0 unspecified atom stereocenters. The molecular weight excluding hydrogens is 353 g/mol. The maximum absolute atomic E-state index is 13.6. The number of hydrogen-bond donors (Lipinski definition) is 0. The lowest BCUT2D eigenvalue weighted by atomic mass is 9.82. The smallest absolute Gasteiger partial charge is 0.417 e. The Morgan fingerprint density at radius 2 is 1.63 bits per heavy atom. The van der Waals surface area contributed by atoms with Crippen LogP contribution in [-0.2, 0) is 21.3 Å². The fourth-order valence-electron chi connectivity index (χ4n) is 4.45. The molecule has 1 aliphatic rings. The number of carbonyl (C=O) groups is 1. The topological polar surface area (TPSA) is 26.3 Å². The Bertz CT molecular complexity index is 1030. The van der Waals surface area contributed by atoms with Gasteiger partial charge < -0.3 is 4.74 Å². The van der Waals surface area contributed by atoms with Crippen molar-refractivity contribution < 1.29 is 22.7 Å². The van der Waals surface area contributed by atoms with E-state index in [9.17, 15) is 18.0 Å². The minimum Gasteiger partial charge on any atom is -0.454 e. The van der Waals surface area contributed by atoms with Gasteiger partial charge in [0.05, 0.1) is 5.56 Å². The van der Waals surface area contributed by atoms with E-state index in [0.717, 1.165) is 29.7 Å². The van der Waals surface area contributed by atoms with Gasteiger partial charge in [-0.1, -0.05) is 36.4 Å². The third-order valence-electron chi connectivity index (χ3n) is 5.42.